The zero-order valence-corrected chi connectivity index (χ0v) is 16.0. The van der Waals surface area contributed by atoms with Gasteiger partial charge in [-0.25, -0.2) is 0 Å². The minimum absolute atomic E-state index is 0.145. The Labute approximate surface area is 159 Å². The highest BCUT2D eigenvalue weighted by Crippen LogP contribution is 2.29. The van der Waals surface area contributed by atoms with Crippen LogP contribution in [0.5, 0.6) is 0 Å². The van der Waals surface area contributed by atoms with Crippen molar-refractivity contribution >= 4 is 45.0 Å². The molecule has 26 heavy (non-hydrogen) atoms. The number of thiophene rings is 1. The molecule has 2 aromatic heterocycles. The van der Waals surface area contributed by atoms with Crippen molar-refractivity contribution in [2.24, 2.45) is 0 Å². The normalized spacial score (nSPS) is 10.9. The number of halogens is 1. The van der Waals surface area contributed by atoms with Crippen LogP contribution in [0.4, 0.5) is 0 Å². The molecule has 0 aliphatic heterocycles. The van der Waals surface area contributed by atoms with Crippen molar-refractivity contribution in [2.75, 3.05) is 13.7 Å². The third kappa shape index (κ3) is 3.89. The molecule has 8 heteroatoms. The van der Waals surface area contributed by atoms with E-state index in [0.29, 0.717) is 16.4 Å². The summed E-state index contributed by atoms with van der Waals surface area (Å²) in [6.45, 7) is 2.69. The third-order valence-corrected chi connectivity index (χ3v) is 5.47. The zero-order valence-electron chi connectivity index (χ0n) is 14.4. The first-order valence-electron chi connectivity index (χ1n) is 8.05. The molecule has 3 aromatic rings. The van der Waals surface area contributed by atoms with Crippen molar-refractivity contribution in [3.63, 3.8) is 0 Å². The number of carbonyl (C=O) groups is 2. The average Bonchev–Trinajstić information content (AvgIpc) is 3.18. The summed E-state index contributed by atoms with van der Waals surface area (Å²) in [5.41, 5.74) is 1.83. The zero-order chi connectivity index (χ0) is 18.7. The molecule has 1 amide bonds. The van der Waals surface area contributed by atoms with Gasteiger partial charge in [0.2, 0.25) is 0 Å². The number of amides is 1. The summed E-state index contributed by atoms with van der Waals surface area (Å²) in [6, 6.07) is 9.46. The van der Waals surface area contributed by atoms with Crippen LogP contribution in [-0.2, 0) is 16.1 Å². The smallest absolute Gasteiger partial charge is 0.307 e. The summed E-state index contributed by atoms with van der Waals surface area (Å²) in [6.07, 6.45) is 0.145. The van der Waals surface area contributed by atoms with Gasteiger partial charge in [-0.3, -0.25) is 14.3 Å². The molecule has 0 unspecified atom stereocenters. The lowest BCUT2D eigenvalue weighted by Crippen LogP contribution is -2.25. The average molecular weight is 392 g/mol. The predicted octanol–water partition coefficient (Wildman–Crippen LogP) is 3.40. The molecular formula is C18H18ClN3O3S. The van der Waals surface area contributed by atoms with Crippen molar-refractivity contribution in [2.45, 2.75) is 19.9 Å². The number of hydrogen-bond acceptors (Lipinski definition) is 5. The molecule has 136 valence electrons. The Kier molecular flexibility index (Phi) is 5.58. The van der Waals surface area contributed by atoms with Crippen LogP contribution < -0.4 is 5.32 Å². The van der Waals surface area contributed by atoms with Gasteiger partial charge in [-0.15, -0.1) is 11.3 Å². The van der Waals surface area contributed by atoms with Gasteiger partial charge in [0.05, 0.1) is 30.6 Å². The first-order chi connectivity index (χ1) is 12.5. The fourth-order valence-electron chi connectivity index (χ4n) is 2.59. The number of rotatable bonds is 6. The van der Waals surface area contributed by atoms with Gasteiger partial charge in [0.15, 0.2) is 0 Å². The quantitative estimate of drug-likeness (QED) is 0.653. The van der Waals surface area contributed by atoms with Crippen LogP contribution in [-0.4, -0.2) is 35.3 Å². The molecule has 0 spiro atoms. The van der Waals surface area contributed by atoms with Crippen LogP contribution in [0.1, 0.15) is 27.3 Å². The largest absolute Gasteiger partial charge is 0.469 e. The SMILES string of the molecule is COC(=O)CCNC(=O)c1cc2c(C)nn(Cc3ccccc3Cl)c2s1. The Bertz CT molecular complexity index is 964. The fourth-order valence-corrected chi connectivity index (χ4v) is 3.86. The van der Waals surface area contributed by atoms with E-state index in [0.717, 1.165) is 21.5 Å². The maximum Gasteiger partial charge on any atom is 0.307 e. The van der Waals surface area contributed by atoms with Gasteiger partial charge < -0.3 is 10.1 Å². The van der Waals surface area contributed by atoms with Crippen LogP contribution in [0.2, 0.25) is 5.02 Å². The molecule has 0 aliphatic carbocycles. The van der Waals surface area contributed by atoms with Crippen LogP contribution in [0, 0.1) is 6.92 Å². The molecule has 6 nitrogen and oxygen atoms in total. The van der Waals surface area contributed by atoms with Gasteiger partial charge in [-0.05, 0) is 24.6 Å². The molecule has 2 heterocycles. The van der Waals surface area contributed by atoms with Gasteiger partial charge in [-0.2, -0.15) is 5.10 Å². The van der Waals surface area contributed by atoms with Crippen molar-refractivity contribution in [3.8, 4) is 0 Å². The first-order valence-corrected chi connectivity index (χ1v) is 9.24. The highest BCUT2D eigenvalue weighted by Gasteiger charge is 2.17. The Balaban J connectivity index is 1.79. The molecule has 0 saturated heterocycles. The van der Waals surface area contributed by atoms with Gasteiger partial charge in [-0.1, -0.05) is 29.8 Å². The Morgan fingerprint density at radius 3 is 2.85 bits per heavy atom. The molecule has 1 aromatic carbocycles. The summed E-state index contributed by atoms with van der Waals surface area (Å²) in [4.78, 5) is 24.9. The van der Waals surface area contributed by atoms with E-state index >= 15 is 0 Å². The summed E-state index contributed by atoms with van der Waals surface area (Å²) < 4.78 is 6.42. The maximum absolute atomic E-state index is 12.3. The van der Waals surface area contributed by atoms with Gasteiger partial charge in [0.25, 0.3) is 5.91 Å². The molecule has 1 N–H and O–H groups in total. The molecule has 0 fully saturated rings. The van der Waals surface area contributed by atoms with Crippen molar-refractivity contribution in [1.29, 1.82) is 0 Å². The highest BCUT2D eigenvalue weighted by atomic mass is 35.5. The number of aromatic nitrogens is 2. The predicted molar refractivity (Wildman–Crippen MR) is 102 cm³/mol. The minimum Gasteiger partial charge on any atom is -0.469 e. The number of esters is 1. The highest BCUT2D eigenvalue weighted by molar-refractivity contribution is 7.20. The number of hydrogen-bond donors (Lipinski definition) is 1. The molecule has 0 saturated carbocycles. The summed E-state index contributed by atoms with van der Waals surface area (Å²) in [5.74, 6) is -0.563. The van der Waals surface area contributed by atoms with Crippen molar-refractivity contribution in [3.05, 3.63) is 51.5 Å². The second kappa shape index (κ2) is 7.88. The number of nitrogens with one attached hydrogen (secondary N) is 1. The number of methoxy groups -OCH3 is 1. The van der Waals surface area contributed by atoms with Crippen LogP contribution in [0.15, 0.2) is 30.3 Å². The Morgan fingerprint density at radius 2 is 2.12 bits per heavy atom. The molecule has 3 rings (SSSR count). The second-order valence-corrected chi connectivity index (χ2v) is 7.18. The van der Waals surface area contributed by atoms with E-state index in [2.05, 4.69) is 15.2 Å². The van der Waals surface area contributed by atoms with E-state index in [1.165, 1.54) is 18.4 Å². The van der Waals surface area contributed by atoms with E-state index in [1.807, 2.05) is 41.9 Å². The van der Waals surface area contributed by atoms with E-state index in [1.54, 1.807) is 0 Å². The summed E-state index contributed by atoms with van der Waals surface area (Å²) in [5, 5.41) is 8.92. The Hall–Kier alpha value is -2.38. The number of ether oxygens (including phenoxy) is 1. The number of fused-ring (bicyclic) bond motifs is 1. The van der Waals surface area contributed by atoms with Crippen molar-refractivity contribution in [1.82, 2.24) is 15.1 Å². The van der Waals surface area contributed by atoms with E-state index in [4.69, 9.17) is 11.6 Å². The van der Waals surface area contributed by atoms with Crippen molar-refractivity contribution < 1.29 is 14.3 Å². The van der Waals surface area contributed by atoms with Gasteiger partial charge >= 0.3 is 5.97 Å². The standard InChI is InChI=1S/C18H18ClN3O3S/c1-11-13-9-15(17(24)20-8-7-16(23)25-2)26-18(13)22(21-11)10-12-5-3-4-6-14(12)19/h3-6,9H,7-8,10H2,1-2H3,(H,20,24). The van der Waals surface area contributed by atoms with E-state index < -0.39 is 0 Å². The second-order valence-electron chi connectivity index (χ2n) is 5.75. The molecule has 0 atom stereocenters. The summed E-state index contributed by atoms with van der Waals surface area (Å²) >= 11 is 7.61. The maximum atomic E-state index is 12.3. The van der Waals surface area contributed by atoms with E-state index in [-0.39, 0.29) is 24.8 Å². The van der Waals surface area contributed by atoms with Gasteiger partial charge in [0.1, 0.15) is 4.83 Å². The number of benzene rings is 1. The topological polar surface area (TPSA) is 73.2 Å². The summed E-state index contributed by atoms with van der Waals surface area (Å²) in [7, 11) is 1.32. The van der Waals surface area contributed by atoms with E-state index in [9.17, 15) is 9.59 Å². The minimum atomic E-state index is -0.354. The first kappa shape index (κ1) is 18.4. The number of nitrogens with zero attached hydrogens (tertiary/aromatic N) is 2. The third-order valence-electron chi connectivity index (χ3n) is 3.95. The Morgan fingerprint density at radius 1 is 1.35 bits per heavy atom. The van der Waals surface area contributed by atoms with Gasteiger partial charge in [0, 0.05) is 17.0 Å². The number of aryl methyl sites for hydroxylation is 1. The fraction of sp³-hybridized carbons (Fsp3) is 0.278. The lowest BCUT2D eigenvalue weighted by atomic mass is 10.2. The molecular weight excluding hydrogens is 374 g/mol. The van der Waals surface area contributed by atoms with Crippen LogP contribution in [0.25, 0.3) is 10.2 Å². The molecule has 0 aliphatic rings. The molecule has 0 radical (unpaired) electrons. The lowest BCUT2D eigenvalue weighted by Gasteiger charge is -2.05. The van der Waals surface area contributed by atoms with Crippen LogP contribution in [0.3, 0.4) is 0 Å². The monoisotopic (exact) mass is 391 g/mol. The molecule has 0 bridgehead atoms. The number of carbonyl (C=O) groups excluding carboxylic acids is 2. The van der Waals surface area contributed by atoms with Crippen LogP contribution >= 0.6 is 22.9 Å². The lowest BCUT2D eigenvalue weighted by molar-refractivity contribution is -0.140.